The predicted molar refractivity (Wildman–Crippen MR) is 121 cm³/mol. The summed E-state index contributed by atoms with van der Waals surface area (Å²) in [6.45, 7) is 4.32. The van der Waals surface area contributed by atoms with E-state index in [1.165, 1.54) is 11.8 Å². The summed E-state index contributed by atoms with van der Waals surface area (Å²) in [7, 11) is 0. The second-order valence-corrected chi connectivity index (χ2v) is 8.23. The molecule has 3 aromatic rings. The average Bonchev–Trinajstić information content (AvgIpc) is 3.26. The van der Waals surface area contributed by atoms with E-state index < -0.39 is 5.97 Å². The molecule has 0 bridgehead atoms. The molecule has 8 heteroatoms. The first-order valence-electron chi connectivity index (χ1n) is 10.00. The Morgan fingerprint density at radius 2 is 1.94 bits per heavy atom. The zero-order chi connectivity index (χ0) is 22.5. The number of pyridine rings is 1. The minimum Gasteiger partial charge on any atom is -0.457 e. The van der Waals surface area contributed by atoms with E-state index >= 15 is 0 Å². The van der Waals surface area contributed by atoms with Gasteiger partial charge in [0.25, 0.3) is 0 Å². The molecular weight excluding hydrogens is 428 g/mol. The van der Waals surface area contributed by atoms with Crippen molar-refractivity contribution in [1.29, 1.82) is 0 Å². The molecular formula is C24H22N2O5S. The van der Waals surface area contributed by atoms with Crippen LogP contribution in [0, 0.1) is 13.8 Å². The SMILES string of the molecule is Cc1ccc(C)c(COC(=O)c2cccnc2SCC(=O)Nc2ccc3c(c2)OCO3)c1. The number of aromatic nitrogens is 1. The van der Waals surface area contributed by atoms with E-state index in [0.29, 0.717) is 27.8 Å². The van der Waals surface area contributed by atoms with Crippen molar-refractivity contribution in [3.05, 3.63) is 77.0 Å². The molecule has 0 radical (unpaired) electrons. The number of nitrogens with one attached hydrogen (secondary N) is 1. The second kappa shape index (κ2) is 9.74. The molecule has 1 amide bonds. The molecule has 1 aliphatic rings. The molecule has 0 aliphatic carbocycles. The van der Waals surface area contributed by atoms with Gasteiger partial charge in [0.1, 0.15) is 11.6 Å². The number of ether oxygens (including phenoxy) is 3. The molecule has 0 unspecified atom stereocenters. The van der Waals surface area contributed by atoms with Crippen molar-refractivity contribution in [2.45, 2.75) is 25.5 Å². The second-order valence-electron chi connectivity index (χ2n) is 7.27. The highest BCUT2D eigenvalue weighted by atomic mass is 32.2. The highest BCUT2D eigenvalue weighted by Gasteiger charge is 2.17. The first kappa shape index (κ1) is 21.7. The molecule has 1 aliphatic heterocycles. The standard InChI is InChI=1S/C24H22N2O5S/c1-15-5-6-16(2)17(10-15)12-29-24(28)19-4-3-9-25-23(19)32-13-22(27)26-18-7-8-20-21(11-18)31-14-30-20/h3-11H,12-14H2,1-2H3,(H,26,27). The number of aryl methyl sites for hydroxylation is 2. The zero-order valence-corrected chi connectivity index (χ0v) is 18.5. The Morgan fingerprint density at radius 3 is 2.81 bits per heavy atom. The van der Waals surface area contributed by atoms with Gasteiger partial charge in [0, 0.05) is 18.0 Å². The topological polar surface area (TPSA) is 86.8 Å². The lowest BCUT2D eigenvalue weighted by atomic mass is 10.1. The smallest absolute Gasteiger partial charge is 0.341 e. The Hall–Kier alpha value is -3.52. The van der Waals surface area contributed by atoms with Crippen LogP contribution in [0.1, 0.15) is 27.0 Å². The van der Waals surface area contributed by atoms with Gasteiger partial charge in [-0.05, 0) is 49.2 Å². The molecule has 164 valence electrons. The maximum Gasteiger partial charge on any atom is 0.341 e. The zero-order valence-electron chi connectivity index (χ0n) is 17.7. The fraction of sp³-hybridized carbons (Fsp3) is 0.208. The van der Waals surface area contributed by atoms with E-state index in [-0.39, 0.29) is 25.1 Å². The number of hydrogen-bond donors (Lipinski definition) is 1. The van der Waals surface area contributed by atoms with Crippen molar-refractivity contribution >= 4 is 29.3 Å². The number of esters is 1. The maximum absolute atomic E-state index is 12.7. The summed E-state index contributed by atoms with van der Waals surface area (Å²) in [6, 6.07) is 14.5. The van der Waals surface area contributed by atoms with Crippen molar-refractivity contribution in [2.24, 2.45) is 0 Å². The quantitative estimate of drug-likeness (QED) is 0.418. The Morgan fingerprint density at radius 1 is 1.09 bits per heavy atom. The van der Waals surface area contributed by atoms with Crippen LogP contribution in [0.15, 0.2) is 59.8 Å². The van der Waals surface area contributed by atoms with E-state index in [1.807, 2.05) is 32.0 Å². The normalized spacial score (nSPS) is 11.8. The van der Waals surface area contributed by atoms with Crippen LogP contribution in [-0.2, 0) is 16.1 Å². The molecule has 2 heterocycles. The van der Waals surface area contributed by atoms with E-state index in [4.69, 9.17) is 14.2 Å². The summed E-state index contributed by atoms with van der Waals surface area (Å²) in [4.78, 5) is 29.3. The summed E-state index contributed by atoms with van der Waals surface area (Å²) in [5.41, 5.74) is 4.06. The monoisotopic (exact) mass is 450 g/mol. The van der Waals surface area contributed by atoms with E-state index in [0.717, 1.165) is 16.7 Å². The van der Waals surface area contributed by atoms with E-state index in [9.17, 15) is 9.59 Å². The van der Waals surface area contributed by atoms with E-state index in [2.05, 4.69) is 10.3 Å². The van der Waals surface area contributed by atoms with Crippen molar-refractivity contribution < 1.29 is 23.8 Å². The minimum absolute atomic E-state index is 0.0860. The van der Waals surface area contributed by atoms with Crippen LogP contribution >= 0.6 is 11.8 Å². The number of nitrogens with zero attached hydrogens (tertiary/aromatic N) is 1. The third kappa shape index (κ3) is 5.20. The third-order valence-corrected chi connectivity index (χ3v) is 5.86. The van der Waals surface area contributed by atoms with Crippen molar-refractivity contribution in [1.82, 2.24) is 4.98 Å². The molecule has 0 saturated carbocycles. The van der Waals surface area contributed by atoms with Crippen LogP contribution in [-0.4, -0.2) is 29.4 Å². The van der Waals surface area contributed by atoms with Crippen LogP contribution in [0.3, 0.4) is 0 Å². The molecule has 1 N–H and O–H groups in total. The van der Waals surface area contributed by atoms with Gasteiger partial charge in [0.05, 0.1) is 11.3 Å². The van der Waals surface area contributed by atoms with Crippen molar-refractivity contribution in [3.8, 4) is 11.5 Å². The summed E-state index contributed by atoms with van der Waals surface area (Å²) >= 11 is 1.18. The molecule has 32 heavy (non-hydrogen) atoms. The van der Waals surface area contributed by atoms with Crippen molar-refractivity contribution in [2.75, 3.05) is 17.9 Å². The number of anilines is 1. The molecule has 2 aromatic carbocycles. The van der Waals surface area contributed by atoms with Gasteiger partial charge in [-0.2, -0.15) is 0 Å². The Labute approximate surface area is 190 Å². The molecule has 1 aromatic heterocycles. The number of fused-ring (bicyclic) bond motifs is 1. The lowest BCUT2D eigenvalue weighted by Gasteiger charge is -2.11. The van der Waals surface area contributed by atoms with Gasteiger partial charge in [-0.15, -0.1) is 0 Å². The van der Waals surface area contributed by atoms with Gasteiger partial charge in [-0.25, -0.2) is 9.78 Å². The van der Waals surface area contributed by atoms with Crippen LogP contribution in [0.5, 0.6) is 11.5 Å². The van der Waals surface area contributed by atoms with Gasteiger partial charge in [0.15, 0.2) is 11.5 Å². The van der Waals surface area contributed by atoms with Crippen molar-refractivity contribution in [3.63, 3.8) is 0 Å². The van der Waals surface area contributed by atoms with Crippen LogP contribution in [0.2, 0.25) is 0 Å². The first-order valence-corrected chi connectivity index (χ1v) is 11.0. The minimum atomic E-state index is -0.474. The fourth-order valence-corrected chi connectivity index (χ4v) is 3.93. The Kier molecular flexibility index (Phi) is 6.61. The lowest BCUT2D eigenvalue weighted by molar-refractivity contribution is -0.113. The number of amides is 1. The summed E-state index contributed by atoms with van der Waals surface area (Å²) in [6.07, 6.45) is 1.58. The van der Waals surface area contributed by atoms with Gasteiger partial charge >= 0.3 is 5.97 Å². The lowest BCUT2D eigenvalue weighted by Crippen LogP contribution is -2.15. The Bertz CT molecular complexity index is 1160. The van der Waals surface area contributed by atoms with Gasteiger partial charge in [-0.1, -0.05) is 35.5 Å². The average molecular weight is 451 g/mol. The van der Waals surface area contributed by atoms with E-state index in [1.54, 1.807) is 36.5 Å². The number of carbonyl (C=O) groups is 2. The highest BCUT2D eigenvalue weighted by molar-refractivity contribution is 8.00. The molecule has 0 atom stereocenters. The van der Waals surface area contributed by atoms with Gasteiger partial charge in [-0.3, -0.25) is 4.79 Å². The van der Waals surface area contributed by atoms with Gasteiger partial charge < -0.3 is 19.5 Å². The molecule has 0 spiro atoms. The molecule has 0 saturated heterocycles. The number of rotatable bonds is 7. The first-order chi connectivity index (χ1) is 15.5. The molecule has 0 fully saturated rings. The fourth-order valence-electron chi connectivity index (χ4n) is 3.14. The largest absolute Gasteiger partial charge is 0.457 e. The van der Waals surface area contributed by atoms with Gasteiger partial charge in [0.2, 0.25) is 12.7 Å². The summed E-state index contributed by atoms with van der Waals surface area (Å²) in [5.74, 6) is 0.624. The molecule has 7 nitrogen and oxygen atoms in total. The molecule has 4 rings (SSSR count). The third-order valence-electron chi connectivity index (χ3n) is 4.85. The highest BCUT2D eigenvalue weighted by Crippen LogP contribution is 2.34. The summed E-state index contributed by atoms with van der Waals surface area (Å²) < 4.78 is 16.1. The number of thioether (sulfide) groups is 1. The number of hydrogen-bond acceptors (Lipinski definition) is 7. The van der Waals surface area contributed by atoms with Crippen LogP contribution < -0.4 is 14.8 Å². The Balaban J connectivity index is 1.36. The maximum atomic E-state index is 12.7. The number of benzene rings is 2. The summed E-state index contributed by atoms with van der Waals surface area (Å²) in [5, 5.41) is 3.25. The predicted octanol–water partition coefficient (Wildman–Crippen LogP) is 4.51. The van der Waals surface area contributed by atoms with Crippen LogP contribution in [0.25, 0.3) is 0 Å². The number of carbonyl (C=O) groups excluding carboxylic acids is 2. The van der Waals surface area contributed by atoms with Crippen LogP contribution in [0.4, 0.5) is 5.69 Å².